The highest BCUT2D eigenvalue weighted by Gasteiger charge is 2.27. The standard InChI is InChI=1S/C32H24F4N4O4/c33-23-3-7-25(8-4-23)37-19-21-1-11-27(17-29(21)35)43-31(41)39-13-15-40(16-14-39)32(42)44-28-12-2-22(30(36)18-28)20-38-26-9-5-24(34)6-10-26/h1-12,17-20H,13-16H2. The average Bonchev–Trinajstić information content (AvgIpc) is 3.02. The lowest BCUT2D eigenvalue weighted by Crippen LogP contribution is -2.52. The Morgan fingerprint density at radius 1 is 0.568 bits per heavy atom. The summed E-state index contributed by atoms with van der Waals surface area (Å²) >= 11 is 0. The molecule has 8 nitrogen and oxygen atoms in total. The highest BCUT2D eigenvalue weighted by molar-refractivity contribution is 5.83. The van der Waals surface area contributed by atoms with Crippen LogP contribution in [0.4, 0.5) is 38.5 Å². The lowest BCUT2D eigenvalue weighted by molar-refractivity contribution is 0.101. The Morgan fingerprint density at radius 2 is 0.932 bits per heavy atom. The summed E-state index contributed by atoms with van der Waals surface area (Å²) in [7, 11) is 0. The minimum absolute atomic E-state index is 0.0125. The molecule has 0 saturated carbocycles. The summed E-state index contributed by atoms with van der Waals surface area (Å²) in [4.78, 5) is 36.1. The van der Waals surface area contributed by atoms with E-state index in [9.17, 15) is 27.2 Å². The molecule has 1 saturated heterocycles. The minimum Gasteiger partial charge on any atom is -0.410 e. The maximum atomic E-state index is 14.5. The number of amides is 2. The van der Waals surface area contributed by atoms with E-state index in [0.717, 1.165) is 12.1 Å². The van der Waals surface area contributed by atoms with Gasteiger partial charge in [-0.2, -0.15) is 0 Å². The summed E-state index contributed by atoms with van der Waals surface area (Å²) in [5, 5.41) is 0. The number of benzene rings is 4. The minimum atomic E-state index is -0.717. The lowest BCUT2D eigenvalue weighted by atomic mass is 10.2. The molecule has 0 aromatic heterocycles. The SMILES string of the molecule is O=C(Oc1ccc(C=Nc2ccc(F)cc2)c(F)c1)N1CCN(C(=O)Oc2ccc(C=Nc3ccc(F)cc3)c(F)c2)CC1. The number of hydrogen-bond donors (Lipinski definition) is 0. The van der Waals surface area contributed by atoms with Gasteiger partial charge in [0.15, 0.2) is 0 Å². The van der Waals surface area contributed by atoms with E-state index < -0.39 is 35.5 Å². The average molecular weight is 605 g/mol. The second kappa shape index (κ2) is 13.6. The molecule has 5 rings (SSSR count). The molecule has 2 amide bonds. The van der Waals surface area contributed by atoms with Crippen molar-refractivity contribution >= 4 is 36.0 Å². The van der Waals surface area contributed by atoms with E-state index in [-0.39, 0.29) is 48.8 Å². The number of halogens is 4. The van der Waals surface area contributed by atoms with Gasteiger partial charge in [-0.15, -0.1) is 0 Å². The van der Waals surface area contributed by atoms with Crippen LogP contribution in [0.2, 0.25) is 0 Å². The van der Waals surface area contributed by atoms with Gasteiger partial charge in [0, 0.05) is 61.9 Å². The van der Waals surface area contributed by atoms with E-state index in [1.807, 2.05) is 0 Å². The van der Waals surface area contributed by atoms with Gasteiger partial charge in [-0.25, -0.2) is 27.2 Å². The molecule has 1 fully saturated rings. The summed E-state index contributed by atoms with van der Waals surface area (Å²) in [6.07, 6.45) is 1.12. The van der Waals surface area contributed by atoms with Crippen LogP contribution in [0.25, 0.3) is 0 Å². The van der Waals surface area contributed by atoms with Crippen molar-refractivity contribution in [2.45, 2.75) is 0 Å². The van der Waals surface area contributed by atoms with E-state index in [0.29, 0.717) is 11.4 Å². The first-order chi connectivity index (χ1) is 21.2. The Morgan fingerprint density at radius 3 is 1.27 bits per heavy atom. The molecule has 4 aromatic rings. The Hall–Kier alpha value is -5.52. The summed E-state index contributed by atoms with van der Waals surface area (Å²) in [5.41, 5.74) is 1.18. The molecule has 0 aliphatic carbocycles. The summed E-state index contributed by atoms with van der Waals surface area (Å²) in [6.45, 7) is 0.524. The normalized spacial score (nSPS) is 13.5. The molecule has 0 radical (unpaired) electrons. The first kappa shape index (κ1) is 30.0. The van der Waals surface area contributed by atoms with Gasteiger partial charge in [-0.3, -0.25) is 9.98 Å². The quantitative estimate of drug-likeness (QED) is 0.174. The van der Waals surface area contributed by atoms with Crippen molar-refractivity contribution in [2.75, 3.05) is 26.2 Å². The molecule has 1 aliphatic rings. The van der Waals surface area contributed by atoms with E-state index >= 15 is 0 Å². The van der Waals surface area contributed by atoms with Gasteiger partial charge in [0.2, 0.25) is 0 Å². The zero-order chi connectivity index (χ0) is 31.1. The molecule has 44 heavy (non-hydrogen) atoms. The van der Waals surface area contributed by atoms with Crippen molar-refractivity contribution in [3.05, 3.63) is 119 Å². The molecule has 4 aromatic carbocycles. The largest absolute Gasteiger partial charge is 0.415 e. The van der Waals surface area contributed by atoms with Crippen molar-refractivity contribution in [3.8, 4) is 11.5 Å². The fraction of sp³-hybridized carbons (Fsp3) is 0.125. The van der Waals surface area contributed by atoms with Gasteiger partial charge in [0.25, 0.3) is 0 Å². The van der Waals surface area contributed by atoms with Crippen LogP contribution >= 0.6 is 0 Å². The van der Waals surface area contributed by atoms with Crippen molar-refractivity contribution in [3.63, 3.8) is 0 Å². The number of hydrogen-bond acceptors (Lipinski definition) is 6. The molecule has 224 valence electrons. The Kier molecular flexibility index (Phi) is 9.28. The van der Waals surface area contributed by atoms with Crippen LogP contribution in [0, 0.1) is 23.3 Å². The predicted molar refractivity (Wildman–Crippen MR) is 155 cm³/mol. The Bertz CT molecular complexity index is 1580. The topological polar surface area (TPSA) is 83.8 Å². The van der Waals surface area contributed by atoms with Crippen LogP contribution in [0.15, 0.2) is 94.9 Å². The van der Waals surface area contributed by atoms with Gasteiger partial charge in [0.1, 0.15) is 34.8 Å². The van der Waals surface area contributed by atoms with E-state index in [4.69, 9.17) is 9.47 Å². The zero-order valence-electron chi connectivity index (χ0n) is 23.0. The van der Waals surface area contributed by atoms with E-state index in [2.05, 4.69) is 9.98 Å². The molecule has 0 bridgehead atoms. The molecule has 0 atom stereocenters. The predicted octanol–water partition coefficient (Wildman–Crippen LogP) is 7.06. The van der Waals surface area contributed by atoms with Gasteiger partial charge >= 0.3 is 12.2 Å². The number of rotatable bonds is 6. The van der Waals surface area contributed by atoms with Crippen LogP contribution in [0.1, 0.15) is 11.1 Å². The van der Waals surface area contributed by atoms with Gasteiger partial charge < -0.3 is 19.3 Å². The van der Waals surface area contributed by atoms with Crippen LogP contribution in [0.3, 0.4) is 0 Å². The first-order valence-corrected chi connectivity index (χ1v) is 13.4. The van der Waals surface area contributed by atoms with E-state index in [1.165, 1.54) is 95.0 Å². The second-order valence-electron chi connectivity index (χ2n) is 9.55. The summed E-state index contributed by atoms with van der Waals surface area (Å²) in [5.74, 6) is -2.18. The molecule has 1 heterocycles. The monoisotopic (exact) mass is 604 g/mol. The highest BCUT2D eigenvalue weighted by Crippen LogP contribution is 2.21. The number of aliphatic imine (C=N–C) groups is 2. The maximum Gasteiger partial charge on any atom is 0.415 e. The summed E-state index contributed by atoms with van der Waals surface area (Å²) in [6, 6.07) is 18.5. The molecular formula is C32H24F4N4O4. The van der Waals surface area contributed by atoms with Crippen LogP contribution in [0.5, 0.6) is 11.5 Å². The van der Waals surface area contributed by atoms with E-state index in [1.54, 1.807) is 0 Å². The number of ether oxygens (including phenoxy) is 2. The smallest absolute Gasteiger partial charge is 0.410 e. The molecule has 0 N–H and O–H groups in total. The van der Waals surface area contributed by atoms with Crippen LogP contribution < -0.4 is 9.47 Å². The third kappa shape index (κ3) is 7.85. The summed E-state index contributed by atoms with van der Waals surface area (Å²) < 4.78 is 65.7. The van der Waals surface area contributed by atoms with Gasteiger partial charge in [-0.05, 0) is 72.8 Å². The molecule has 12 heteroatoms. The van der Waals surface area contributed by atoms with Crippen LogP contribution in [-0.4, -0.2) is 60.6 Å². The molecule has 0 unspecified atom stereocenters. The number of carbonyl (C=O) groups is 2. The second-order valence-corrected chi connectivity index (χ2v) is 9.55. The van der Waals surface area contributed by atoms with Crippen LogP contribution in [-0.2, 0) is 0 Å². The van der Waals surface area contributed by atoms with Crippen molar-refractivity contribution in [1.29, 1.82) is 0 Å². The zero-order valence-corrected chi connectivity index (χ0v) is 23.0. The number of piperazine rings is 1. The van der Waals surface area contributed by atoms with Gasteiger partial charge in [-0.1, -0.05) is 0 Å². The maximum absolute atomic E-state index is 14.5. The fourth-order valence-electron chi connectivity index (χ4n) is 4.10. The Labute approximate surface area is 249 Å². The van der Waals surface area contributed by atoms with Crippen molar-refractivity contribution in [2.24, 2.45) is 9.98 Å². The van der Waals surface area contributed by atoms with Crippen molar-refractivity contribution < 1.29 is 36.6 Å². The van der Waals surface area contributed by atoms with Crippen molar-refractivity contribution in [1.82, 2.24) is 9.80 Å². The third-order valence-corrected chi connectivity index (χ3v) is 6.51. The number of carbonyl (C=O) groups excluding carboxylic acids is 2. The molecular weight excluding hydrogens is 580 g/mol. The third-order valence-electron chi connectivity index (χ3n) is 6.51. The van der Waals surface area contributed by atoms with Gasteiger partial charge in [0.05, 0.1) is 11.4 Å². The first-order valence-electron chi connectivity index (χ1n) is 13.4. The Balaban J connectivity index is 1.10. The highest BCUT2D eigenvalue weighted by atomic mass is 19.1. The number of nitrogens with zero attached hydrogens (tertiary/aromatic N) is 4. The molecule has 0 spiro atoms. The molecule has 1 aliphatic heterocycles. The fourth-order valence-corrected chi connectivity index (χ4v) is 4.10. The lowest BCUT2D eigenvalue weighted by Gasteiger charge is -2.33.